The van der Waals surface area contributed by atoms with Gasteiger partial charge in [-0.2, -0.15) is 0 Å². The Hall–Kier alpha value is -1.50. The Morgan fingerprint density at radius 1 is 1.25 bits per heavy atom. The maximum atomic E-state index is 12.6. The summed E-state index contributed by atoms with van der Waals surface area (Å²) < 4.78 is 27.9. The molecular formula is C14H17N3O2S. The lowest BCUT2D eigenvalue weighted by molar-refractivity contribution is 0.523. The van der Waals surface area contributed by atoms with Crippen LogP contribution in [-0.2, 0) is 10.0 Å². The third kappa shape index (κ3) is 2.42. The molecule has 5 nitrogen and oxygen atoms in total. The van der Waals surface area contributed by atoms with E-state index in [1.807, 2.05) is 6.07 Å². The van der Waals surface area contributed by atoms with Crippen LogP contribution in [0.15, 0.2) is 41.6 Å². The van der Waals surface area contributed by atoms with E-state index < -0.39 is 10.0 Å². The van der Waals surface area contributed by atoms with Crippen LogP contribution in [0.25, 0.3) is 10.8 Å². The number of pyridine rings is 1. The molecule has 1 aliphatic carbocycles. The number of nitrogens with one attached hydrogen (secondary N) is 1. The van der Waals surface area contributed by atoms with Gasteiger partial charge in [0.25, 0.3) is 0 Å². The normalized spacial score (nSPS) is 23.2. The van der Waals surface area contributed by atoms with Crippen molar-refractivity contribution in [2.24, 2.45) is 5.73 Å². The summed E-state index contributed by atoms with van der Waals surface area (Å²) in [5.74, 6) is 0. The molecule has 1 fully saturated rings. The van der Waals surface area contributed by atoms with Gasteiger partial charge >= 0.3 is 0 Å². The Labute approximate surface area is 118 Å². The van der Waals surface area contributed by atoms with E-state index in [1.165, 1.54) is 0 Å². The van der Waals surface area contributed by atoms with Crippen molar-refractivity contribution in [1.29, 1.82) is 0 Å². The highest BCUT2D eigenvalue weighted by atomic mass is 32.2. The number of nitrogens with zero attached hydrogens (tertiary/aromatic N) is 1. The van der Waals surface area contributed by atoms with E-state index in [1.54, 1.807) is 30.6 Å². The van der Waals surface area contributed by atoms with Crippen LogP contribution in [0, 0.1) is 0 Å². The third-order valence-corrected chi connectivity index (χ3v) is 5.35. The van der Waals surface area contributed by atoms with Gasteiger partial charge in [-0.1, -0.05) is 18.6 Å². The van der Waals surface area contributed by atoms with Gasteiger partial charge in [0.2, 0.25) is 10.0 Å². The second-order valence-electron chi connectivity index (χ2n) is 5.18. The molecular weight excluding hydrogens is 274 g/mol. The first-order valence-corrected chi connectivity index (χ1v) is 8.17. The van der Waals surface area contributed by atoms with Gasteiger partial charge in [-0.3, -0.25) is 4.98 Å². The molecule has 0 spiro atoms. The van der Waals surface area contributed by atoms with Crippen LogP contribution in [-0.4, -0.2) is 25.5 Å². The lowest BCUT2D eigenvalue weighted by Gasteiger charge is -2.18. The average Bonchev–Trinajstić information content (AvgIpc) is 2.83. The molecule has 0 bridgehead atoms. The molecule has 6 heteroatoms. The molecule has 1 aromatic carbocycles. The van der Waals surface area contributed by atoms with Crippen LogP contribution in [0.5, 0.6) is 0 Å². The number of benzene rings is 1. The van der Waals surface area contributed by atoms with Gasteiger partial charge in [-0.05, 0) is 25.0 Å². The number of fused-ring (bicyclic) bond motifs is 1. The second kappa shape index (κ2) is 5.12. The number of aromatic nitrogens is 1. The second-order valence-corrected chi connectivity index (χ2v) is 6.86. The molecule has 2 aromatic rings. The standard InChI is InChI=1S/C14H17N3O2S/c15-12-4-2-5-13(12)17-20(18,19)14-6-1-3-10-9-16-8-7-11(10)14/h1,3,6-9,12-13,17H,2,4-5,15H2. The van der Waals surface area contributed by atoms with Gasteiger partial charge in [-0.25, -0.2) is 13.1 Å². The Morgan fingerprint density at radius 3 is 2.85 bits per heavy atom. The highest BCUT2D eigenvalue weighted by Crippen LogP contribution is 2.24. The van der Waals surface area contributed by atoms with Gasteiger partial charge in [0, 0.05) is 35.2 Å². The lowest BCUT2D eigenvalue weighted by Crippen LogP contribution is -2.43. The summed E-state index contributed by atoms with van der Waals surface area (Å²) in [6.07, 6.45) is 5.89. The number of rotatable bonds is 3. The third-order valence-electron chi connectivity index (χ3n) is 3.81. The van der Waals surface area contributed by atoms with Gasteiger partial charge in [0.15, 0.2) is 0 Å². The molecule has 0 amide bonds. The minimum atomic E-state index is -3.56. The monoisotopic (exact) mass is 291 g/mol. The number of sulfonamides is 1. The molecule has 20 heavy (non-hydrogen) atoms. The lowest BCUT2D eigenvalue weighted by atomic mass is 10.2. The van der Waals surface area contributed by atoms with Crippen molar-refractivity contribution >= 4 is 20.8 Å². The van der Waals surface area contributed by atoms with Crippen molar-refractivity contribution < 1.29 is 8.42 Å². The Bertz CT molecular complexity index is 725. The van der Waals surface area contributed by atoms with Crippen LogP contribution < -0.4 is 10.5 Å². The zero-order valence-corrected chi connectivity index (χ0v) is 11.8. The van der Waals surface area contributed by atoms with E-state index in [-0.39, 0.29) is 17.0 Å². The minimum Gasteiger partial charge on any atom is -0.326 e. The zero-order valence-electron chi connectivity index (χ0n) is 11.0. The van der Waals surface area contributed by atoms with E-state index in [0.29, 0.717) is 5.39 Å². The first-order valence-electron chi connectivity index (χ1n) is 6.68. The highest BCUT2D eigenvalue weighted by molar-refractivity contribution is 7.89. The predicted molar refractivity (Wildman–Crippen MR) is 77.7 cm³/mol. The molecule has 2 unspecified atom stereocenters. The molecule has 1 saturated carbocycles. The van der Waals surface area contributed by atoms with Crippen molar-refractivity contribution in [1.82, 2.24) is 9.71 Å². The van der Waals surface area contributed by atoms with E-state index in [2.05, 4.69) is 9.71 Å². The first kappa shape index (κ1) is 13.5. The molecule has 3 N–H and O–H groups in total. The summed E-state index contributed by atoms with van der Waals surface area (Å²) in [5, 5.41) is 1.49. The molecule has 1 aromatic heterocycles. The van der Waals surface area contributed by atoms with Crippen LogP contribution >= 0.6 is 0 Å². The fraction of sp³-hybridized carbons (Fsp3) is 0.357. The van der Waals surface area contributed by atoms with Crippen LogP contribution in [0.2, 0.25) is 0 Å². The number of hydrogen-bond donors (Lipinski definition) is 2. The molecule has 0 radical (unpaired) electrons. The van der Waals surface area contributed by atoms with Crippen molar-refractivity contribution in [3.63, 3.8) is 0 Å². The summed E-state index contributed by atoms with van der Waals surface area (Å²) in [5.41, 5.74) is 5.94. The average molecular weight is 291 g/mol. The Balaban J connectivity index is 2.01. The van der Waals surface area contributed by atoms with E-state index >= 15 is 0 Å². The molecule has 0 saturated heterocycles. The van der Waals surface area contributed by atoms with Gasteiger partial charge < -0.3 is 5.73 Å². The fourth-order valence-corrected chi connectivity index (χ4v) is 4.28. The number of nitrogens with two attached hydrogens (primary N) is 1. The predicted octanol–water partition coefficient (Wildman–Crippen LogP) is 1.39. The van der Waals surface area contributed by atoms with Crippen LogP contribution in [0.4, 0.5) is 0 Å². The van der Waals surface area contributed by atoms with Gasteiger partial charge in [-0.15, -0.1) is 0 Å². The Kier molecular flexibility index (Phi) is 3.45. The summed E-state index contributed by atoms with van der Waals surface area (Å²) >= 11 is 0. The van der Waals surface area contributed by atoms with Gasteiger partial charge in [0.1, 0.15) is 0 Å². The van der Waals surface area contributed by atoms with Gasteiger partial charge in [0.05, 0.1) is 4.90 Å². The summed E-state index contributed by atoms with van der Waals surface area (Å²) in [4.78, 5) is 4.30. The van der Waals surface area contributed by atoms with E-state index in [9.17, 15) is 8.42 Å². The highest BCUT2D eigenvalue weighted by Gasteiger charge is 2.29. The summed E-state index contributed by atoms with van der Waals surface area (Å²) in [6.45, 7) is 0. The van der Waals surface area contributed by atoms with Crippen LogP contribution in [0.3, 0.4) is 0 Å². The summed E-state index contributed by atoms with van der Waals surface area (Å²) in [7, 11) is -3.56. The van der Waals surface area contributed by atoms with E-state index in [4.69, 9.17) is 5.73 Å². The van der Waals surface area contributed by atoms with Crippen molar-refractivity contribution in [3.05, 3.63) is 36.7 Å². The quantitative estimate of drug-likeness (QED) is 0.895. The zero-order chi connectivity index (χ0) is 14.2. The van der Waals surface area contributed by atoms with E-state index in [0.717, 1.165) is 24.6 Å². The van der Waals surface area contributed by atoms with Crippen molar-refractivity contribution in [3.8, 4) is 0 Å². The maximum Gasteiger partial charge on any atom is 0.241 e. The fourth-order valence-electron chi connectivity index (χ4n) is 2.72. The summed E-state index contributed by atoms with van der Waals surface area (Å²) in [6, 6.07) is 6.65. The minimum absolute atomic E-state index is 0.0959. The van der Waals surface area contributed by atoms with Crippen molar-refractivity contribution in [2.45, 2.75) is 36.2 Å². The molecule has 2 atom stereocenters. The number of hydrogen-bond acceptors (Lipinski definition) is 4. The molecule has 3 rings (SSSR count). The molecule has 1 aliphatic rings. The molecule has 0 aliphatic heterocycles. The smallest absolute Gasteiger partial charge is 0.241 e. The molecule has 106 valence electrons. The largest absolute Gasteiger partial charge is 0.326 e. The SMILES string of the molecule is NC1CCCC1NS(=O)(=O)c1cccc2cnccc12. The maximum absolute atomic E-state index is 12.6. The van der Waals surface area contributed by atoms with Crippen LogP contribution in [0.1, 0.15) is 19.3 Å². The Morgan fingerprint density at radius 2 is 2.10 bits per heavy atom. The van der Waals surface area contributed by atoms with Crippen molar-refractivity contribution in [2.75, 3.05) is 0 Å². The molecule has 1 heterocycles. The first-order chi connectivity index (χ1) is 9.58. The topological polar surface area (TPSA) is 85.1 Å².